The number of hydrogen-bond donors (Lipinski definition) is 1. The third-order valence-electron chi connectivity index (χ3n) is 4.45. The van der Waals surface area contributed by atoms with Gasteiger partial charge in [0.05, 0.1) is 6.04 Å². The van der Waals surface area contributed by atoms with E-state index in [4.69, 9.17) is 4.74 Å². The average molecular weight is 466 g/mol. The molecule has 0 aliphatic heterocycles. The van der Waals surface area contributed by atoms with Crippen molar-refractivity contribution >= 4 is 33.6 Å². The predicted molar refractivity (Wildman–Crippen MR) is 117 cm³/mol. The van der Waals surface area contributed by atoms with Crippen LogP contribution in [0.25, 0.3) is 0 Å². The zero-order chi connectivity index (χ0) is 21.5. The quantitative estimate of drug-likeness (QED) is 0.298. The fourth-order valence-electron chi connectivity index (χ4n) is 3.01. The molecule has 5 nitrogen and oxygen atoms in total. The smallest absolute Gasteiger partial charge is 0.308 e. The van der Waals surface area contributed by atoms with E-state index in [1.54, 1.807) is 48.5 Å². The lowest BCUT2D eigenvalue weighted by Gasteiger charge is -2.20. The normalized spacial score (nSPS) is 11.4. The lowest BCUT2D eigenvalue weighted by atomic mass is 9.97. The van der Waals surface area contributed by atoms with Gasteiger partial charge >= 0.3 is 5.97 Å². The molecule has 1 amide bonds. The van der Waals surface area contributed by atoms with E-state index in [1.807, 2.05) is 30.3 Å². The van der Waals surface area contributed by atoms with Gasteiger partial charge in [-0.3, -0.25) is 14.4 Å². The Morgan fingerprint density at radius 2 is 1.50 bits per heavy atom. The Hall–Kier alpha value is -3.25. The van der Waals surface area contributed by atoms with E-state index in [2.05, 4.69) is 21.2 Å². The number of hydrogen-bond acceptors (Lipinski definition) is 4. The molecule has 0 saturated carbocycles. The first-order valence-corrected chi connectivity index (χ1v) is 10.2. The van der Waals surface area contributed by atoms with Gasteiger partial charge in [-0.2, -0.15) is 0 Å². The molecule has 0 radical (unpaired) electrons. The predicted octanol–water partition coefficient (Wildman–Crippen LogP) is 5.12. The third kappa shape index (κ3) is 5.64. The van der Waals surface area contributed by atoms with Crippen LogP contribution in [-0.2, 0) is 4.79 Å². The van der Waals surface area contributed by atoms with Crippen molar-refractivity contribution in [3.8, 4) is 5.75 Å². The zero-order valence-electron chi connectivity index (χ0n) is 16.3. The molecule has 1 atom stereocenters. The molecule has 1 unspecified atom stereocenters. The minimum Gasteiger partial charge on any atom is -0.427 e. The lowest BCUT2D eigenvalue weighted by Crippen LogP contribution is -2.30. The van der Waals surface area contributed by atoms with E-state index in [9.17, 15) is 14.4 Å². The summed E-state index contributed by atoms with van der Waals surface area (Å²) < 4.78 is 5.81. The first-order valence-electron chi connectivity index (χ1n) is 9.36. The average Bonchev–Trinajstić information content (AvgIpc) is 2.74. The van der Waals surface area contributed by atoms with Crippen LogP contribution < -0.4 is 10.1 Å². The Balaban J connectivity index is 1.81. The van der Waals surface area contributed by atoms with Gasteiger partial charge in [-0.25, -0.2) is 0 Å². The molecule has 0 bridgehead atoms. The fraction of sp³-hybridized carbons (Fsp3) is 0.125. The van der Waals surface area contributed by atoms with Crippen LogP contribution in [0.15, 0.2) is 83.3 Å². The number of carbonyl (C=O) groups is 3. The molecule has 152 valence electrons. The Kier molecular flexibility index (Phi) is 7.14. The van der Waals surface area contributed by atoms with Crippen molar-refractivity contribution in [2.24, 2.45) is 0 Å². The molecule has 3 aromatic rings. The number of nitrogens with one attached hydrogen (secondary N) is 1. The van der Waals surface area contributed by atoms with Crippen LogP contribution in [0, 0.1) is 0 Å². The molecule has 3 rings (SSSR count). The number of Topliss-reactive ketones (excluding diaryl/α,β-unsaturated/α-hetero) is 1. The number of esters is 1. The minimum absolute atomic E-state index is 0.0775. The summed E-state index contributed by atoms with van der Waals surface area (Å²) in [5.41, 5.74) is 1.80. The van der Waals surface area contributed by atoms with Gasteiger partial charge in [-0.1, -0.05) is 52.3 Å². The Bertz CT molecular complexity index is 1050. The second-order valence-corrected chi connectivity index (χ2v) is 7.51. The van der Waals surface area contributed by atoms with Crippen molar-refractivity contribution in [2.75, 3.05) is 0 Å². The molecule has 0 heterocycles. The van der Waals surface area contributed by atoms with Crippen molar-refractivity contribution < 1.29 is 19.1 Å². The summed E-state index contributed by atoms with van der Waals surface area (Å²) in [5, 5.41) is 2.97. The van der Waals surface area contributed by atoms with E-state index in [0.717, 1.165) is 10.0 Å². The van der Waals surface area contributed by atoms with Crippen LogP contribution in [0.5, 0.6) is 5.75 Å². The molecule has 0 fully saturated rings. The highest BCUT2D eigenvalue weighted by molar-refractivity contribution is 9.10. The van der Waals surface area contributed by atoms with Gasteiger partial charge in [0.2, 0.25) is 0 Å². The van der Waals surface area contributed by atoms with Crippen LogP contribution >= 0.6 is 15.9 Å². The molecule has 0 spiro atoms. The number of ether oxygens (including phenoxy) is 1. The van der Waals surface area contributed by atoms with Crippen LogP contribution in [0.1, 0.15) is 45.7 Å². The molecular formula is C24H20BrNO4. The zero-order valence-corrected chi connectivity index (χ0v) is 17.9. The van der Waals surface area contributed by atoms with Crippen molar-refractivity contribution in [1.29, 1.82) is 0 Å². The molecule has 0 aliphatic carbocycles. The standard InChI is InChI=1S/C24H20BrNO4/c1-16(27)30-19-13-11-17(12-14-19)23(28)15-22(20-9-5-6-10-21(20)25)26-24(29)18-7-3-2-4-8-18/h2-14,22H,15H2,1H3,(H,26,29). The number of benzene rings is 3. The van der Waals surface area contributed by atoms with Crippen molar-refractivity contribution in [3.63, 3.8) is 0 Å². The molecule has 30 heavy (non-hydrogen) atoms. The third-order valence-corrected chi connectivity index (χ3v) is 5.17. The molecule has 0 saturated heterocycles. The largest absolute Gasteiger partial charge is 0.427 e. The Morgan fingerprint density at radius 1 is 0.867 bits per heavy atom. The molecule has 3 aromatic carbocycles. The lowest BCUT2D eigenvalue weighted by molar-refractivity contribution is -0.131. The molecule has 6 heteroatoms. The van der Waals surface area contributed by atoms with E-state index in [1.165, 1.54) is 6.92 Å². The maximum Gasteiger partial charge on any atom is 0.308 e. The van der Waals surface area contributed by atoms with Crippen LogP contribution in [0.2, 0.25) is 0 Å². The first kappa shape index (κ1) is 21.5. The van der Waals surface area contributed by atoms with E-state index in [-0.39, 0.29) is 18.1 Å². The maximum atomic E-state index is 12.9. The molecule has 0 aliphatic rings. The monoisotopic (exact) mass is 465 g/mol. The fourth-order valence-corrected chi connectivity index (χ4v) is 3.57. The number of carbonyl (C=O) groups excluding carboxylic acids is 3. The number of ketones is 1. The van der Waals surface area contributed by atoms with Crippen molar-refractivity contribution in [1.82, 2.24) is 5.32 Å². The number of rotatable bonds is 7. The number of halogens is 1. The van der Waals surface area contributed by atoms with Crippen molar-refractivity contribution in [3.05, 3.63) is 100 Å². The van der Waals surface area contributed by atoms with Crippen LogP contribution in [0.4, 0.5) is 0 Å². The van der Waals surface area contributed by atoms with Gasteiger partial charge in [-0.05, 0) is 48.0 Å². The van der Waals surface area contributed by atoms with Gasteiger partial charge in [0.1, 0.15) is 5.75 Å². The molecular weight excluding hydrogens is 446 g/mol. The Morgan fingerprint density at radius 3 is 2.13 bits per heavy atom. The summed E-state index contributed by atoms with van der Waals surface area (Å²) in [5.74, 6) is -0.446. The van der Waals surface area contributed by atoms with Crippen LogP contribution in [0.3, 0.4) is 0 Å². The van der Waals surface area contributed by atoms with Gasteiger partial charge in [0.25, 0.3) is 5.91 Å². The summed E-state index contributed by atoms with van der Waals surface area (Å²) in [6, 6.07) is 22.2. The summed E-state index contributed by atoms with van der Waals surface area (Å²) in [6.07, 6.45) is 0.0775. The summed E-state index contributed by atoms with van der Waals surface area (Å²) in [4.78, 5) is 36.7. The van der Waals surface area contributed by atoms with Crippen molar-refractivity contribution in [2.45, 2.75) is 19.4 Å². The SMILES string of the molecule is CC(=O)Oc1ccc(C(=O)CC(NC(=O)c2ccccc2)c2ccccc2Br)cc1. The van der Waals surface area contributed by atoms with Crippen LogP contribution in [-0.4, -0.2) is 17.7 Å². The summed E-state index contributed by atoms with van der Waals surface area (Å²) in [7, 11) is 0. The highest BCUT2D eigenvalue weighted by Gasteiger charge is 2.22. The highest BCUT2D eigenvalue weighted by Crippen LogP contribution is 2.27. The maximum absolute atomic E-state index is 12.9. The first-order chi connectivity index (χ1) is 14.4. The summed E-state index contributed by atoms with van der Waals surface area (Å²) >= 11 is 3.51. The summed E-state index contributed by atoms with van der Waals surface area (Å²) in [6.45, 7) is 1.32. The Labute approximate surface area is 183 Å². The topological polar surface area (TPSA) is 72.5 Å². The molecule has 0 aromatic heterocycles. The molecule has 1 N–H and O–H groups in total. The van der Waals surface area contributed by atoms with E-state index < -0.39 is 12.0 Å². The van der Waals surface area contributed by atoms with Gasteiger partial charge < -0.3 is 10.1 Å². The second-order valence-electron chi connectivity index (χ2n) is 6.66. The second kappa shape index (κ2) is 9.98. The van der Waals surface area contributed by atoms with Gasteiger partial charge in [0, 0.05) is 28.9 Å². The highest BCUT2D eigenvalue weighted by atomic mass is 79.9. The van der Waals surface area contributed by atoms with Gasteiger partial charge in [-0.15, -0.1) is 0 Å². The number of amides is 1. The van der Waals surface area contributed by atoms with Gasteiger partial charge in [0.15, 0.2) is 5.78 Å². The van der Waals surface area contributed by atoms with E-state index in [0.29, 0.717) is 16.9 Å². The minimum atomic E-state index is -0.520. The van der Waals surface area contributed by atoms with E-state index >= 15 is 0 Å².